The number of rotatable bonds is 8. The summed E-state index contributed by atoms with van der Waals surface area (Å²) in [6.07, 6.45) is 0. The first-order valence-electron chi connectivity index (χ1n) is 8.24. The van der Waals surface area contributed by atoms with Crippen molar-refractivity contribution >= 4 is 11.8 Å². The molecule has 0 N–H and O–H groups in total. The molecule has 0 fully saturated rings. The summed E-state index contributed by atoms with van der Waals surface area (Å²) < 4.78 is 10.6. The molecular weight excluding hydrogens is 338 g/mol. The fraction of sp³-hybridized carbons (Fsp3) is 0.474. The van der Waals surface area contributed by atoms with Crippen molar-refractivity contribution in [3.63, 3.8) is 0 Å². The van der Waals surface area contributed by atoms with Crippen LogP contribution in [0.2, 0.25) is 0 Å². The van der Waals surface area contributed by atoms with Crippen LogP contribution in [0.1, 0.15) is 33.3 Å². The van der Waals surface area contributed by atoms with E-state index < -0.39 is 23.4 Å². The molecule has 0 saturated heterocycles. The Morgan fingerprint density at radius 1 is 0.885 bits per heavy atom. The first-order valence-corrected chi connectivity index (χ1v) is 8.24. The van der Waals surface area contributed by atoms with Crippen molar-refractivity contribution in [3.8, 4) is 0 Å². The molecule has 26 heavy (non-hydrogen) atoms. The molecule has 1 aliphatic heterocycles. The largest absolute Gasteiger partial charge is 0.330 e. The van der Waals surface area contributed by atoms with Gasteiger partial charge < -0.3 is 9.47 Å². The van der Waals surface area contributed by atoms with Crippen molar-refractivity contribution in [2.45, 2.75) is 39.3 Å². The highest BCUT2D eigenvalue weighted by Gasteiger charge is 2.44. The lowest BCUT2D eigenvalue weighted by Crippen LogP contribution is -2.51. The minimum atomic E-state index is -1.75. The SMILES string of the molecule is COC(CN1C(=O)C(C)=C(C)C1=O)(OC)OOC(C)(C)c1ccccc1. The Kier molecular flexibility index (Phi) is 5.98. The predicted molar refractivity (Wildman–Crippen MR) is 93.5 cm³/mol. The number of methoxy groups -OCH3 is 2. The first-order chi connectivity index (χ1) is 12.2. The predicted octanol–water partition coefficient (Wildman–Crippen LogP) is 2.52. The maximum absolute atomic E-state index is 12.3. The van der Waals surface area contributed by atoms with Gasteiger partial charge in [0.05, 0.1) is 0 Å². The van der Waals surface area contributed by atoms with E-state index >= 15 is 0 Å². The highest BCUT2D eigenvalue weighted by molar-refractivity contribution is 6.18. The topological polar surface area (TPSA) is 74.3 Å². The van der Waals surface area contributed by atoms with E-state index in [1.165, 1.54) is 14.2 Å². The molecule has 0 aliphatic carbocycles. The van der Waals surface area contributed by atoms with Gasteiger partial charge in [-0.15, -0.1) is 0 Å². The average molecular weight is 363 g/mol. The molecule has 0 bridgehead atoms. The Bertz CT molecular complexity index is 682. The van der Waals surface area contributed by atoms with E-state index in [1.807, 2.05) is 44.2 Å². The van der Waals surface area contributed by atoms with Gasteiger partial charge in [-0.1, -0.05) is 30.3 Å². The third kappa shape index (κ3) is 3.86. The molecule has 1 heterocycles. The van der Waals surface area contributed by atoms with Crippen LogP contribution in [0.25, 0.3) is 0 Å². The van der Waals surface area contributed by atoms with Gasteiger partial charge in [0.15, 0.2) is 0 Å². The Balaban J connectivity index is 2.15. The van der Waals surface area contributed by atoms with Crippen molar-refractivity contribution in [1.82, 2.24) is 4.90 Å². The number of hydrogen-bond acceptors (Lipinski definition) is 6. The van der Waals surface area contributed by atoms with Crippen LogP contribution in [0.4, 0.5) is 0 Å². The Morgan fingerprint density at radius 3 is 1.85 bits per heavy atom. The molecule has 1 aromatic rings. The zero-order valence-electron chi connectivity index (χ0n) is 16.0. The molecule has 0 aromatic heterocycles. The summed E-state index contributed by atoms with van der Waals surface area (Å²) in [5.74, 6) is -2.56. The van der Waals surface area contributed by atoms with Crippen molar-refractivity contribution in [2.75, 3.05) is 20.8 Å². The maximum atomic E-state index is 12.3. The summed E-state index contributed by atoms with van der Waals surface area (Å²) >= 11 is 0. The van der Waals surface area contributed by atoms with Crippen molar-refractivity contribution in [2.24, 2.45) is 0 Å². The van der Waals surface area contributed by atoms with Crippen molar-refractivity contribution in [1.29, 1.82) is 0 Å². The van der Waals surface area contributed by atoms with Crippen LogP contribution in [0, 0.1) is 0 Å². The normalized spacial score (nSPS) is 16.0. The van der Waals surface area contributed by atoms with Crippen LogP contribution in [0.3, 0.4) is 0 Å². The lowest BCUT2D eigenvalue weighted by Gasteiger charge is -2.35. The molecular formula is C19H25NO6. The summed E-state index contributed by atoms with van der Waals surface area (Å²) in [5, 5.41) is 0. The molecule has 7 heteroatoms. The van der Waals surface area contributed by atoms with Crippen molar-refractivity contribution in [3.05, 3.63) is 47.0 Å². The highest BCUT2D eigenvalue weighted by Crippen LogP contribution is 2.30. The fourth-order valence-corrected chi connectivity index (χ4v) is 2.52. The lowest BCUT2D eigenvalue weighted by molar-refractivity contribution is -0.523. The molecule has 0 unspecified atom stereocenters. The molecule has 0 radical (unpaired) electrons. The van der Waals surface area contributed by atoms with E-state index in [4.69, 9.17) is 19.2 Å². The average Bonchev–Trinajstić information content (AvgIpc) is 2.83. The molecule has 142 valence electrons. The molecule has 7 nitrogen and oxygen atoms in total. The second kappa shape index (κ2) is 7.67. The van der Waals surface area contributed by atoms with Gasteiger partial charge in [0.1, 0.15) is 12.1 Å². The van der Waals surface area contributed by atoms with E-state index in [9.17, 15) is 9.59 Å². The van der Waals surface area contributed by atoms with Crippen LogP contribution in [0.5, 0.6) is 0 Å². The Labute approximate surface area is 153 Å². The summed E-state index contributed by atoms with van der Waals surface area (Å²) in [6.45, 7) is 6.58. The number of ether oxygens (including phenoxy) is 2. The van der Waals surface area contributed by atoms with Gasteiger partial charge >= 0.3 is 5.97 Å². The third-order valence-corrected chi connectivity index (χ3v) is 4.51. The van der Waals surface area contributed by atoms with Crippen LogP contribution in [-0.2, 0) is 34.4 Å². The smallest absolute Gasteiger partial charge is 0.328 e. The maximum Gasteiger partial charge on any atom is 0.330 e. The van der Waals surface area contributed by atoms with Crippen LogP contribution >= 0.6 is 0 Å². The molecule has 2 amide bonds. The highest BCUT2D eigenvalue weighted by atomic mass is 17.3. The van der Waals surface area contributed by atoms with Gasteiger partial charge in [-0.2, -0.15) is 4.89 Å². The number of amides is 2. The van der Waals surface area contributed by atoms with Gasteiger partial charge in [0, 0.05) is 25.4 Å². The first kappa shape index (κ1) is 20.3. The van der Waals surface area contributed by atoms with Gasteiger partial charge in [-0.05, 0) is 33.3 Å². The Hall–Kier alpha value is -2.06. The molecule has 1 aliphatic rings. The summed E-state index contributed by atoms with van der Waals surface area (Å²) in [4.78, 5) is 36.7. The number of carbonyl (C=O) groups is 2. The Morgan fingerprint density at radius 2 is 1.38 bits per heavy atom. The van der Waals surface area contributed by atoms with E-state index in [0.29, 0.717) is 11.1 Å². The van der Waals surface area contributed by atoms with Crippen molar-refractivity contribution < 1.29 is 28.8 Å². The van der Waals surface area contributed by atoms with Gasteiger partial charge in [-0.3, -0.25) is 14.5 Å². The molecule has 1 aromatic carbocycles. The third-order valence-electron chi connectivity index (χ3n) is 4.51. The number of imide groups is 1. The number of benzene rings is 1. The van der Waals surface area contributed by atoms with Crippen LogP contribution in [-0.4, -0.2) is 43.5 Å². The molecule has 0 spiro atoms. The van der Waals surface area contributed by atoms with E-state index in [0.717, 1.165) is 10.5 Å². The molecule has 2 rings (SSSR count). The lowest BCUT2D eigenvalue weighted by atomic mass is 9.99. The number of nitrogens with zero attached hydrogens (tertiary/aromatic N) is 1. The summed E-state index contributed by atoms with van der Waals surface area (Å²) in [5.41, 5.74) is 0.846. The minimum Gasteiger partial charge on any atom is -0.328 e. The molecule has 0 saturated carbocycles. The second-order valence-corrected chi connectivity index (χ2v) is 6.58. The minimum absolute atomic E-state index is 0.267. The number of carbonyl (C=O) groups excluding carboxylic acids is 2. The zero-order chi connectivity index (χ0) is 19.5. The second-order valence-electron chi connectivity index (χ2n) is 6.58. The summed E-state index contributed by atoms with van der Waals surface area (Å²) in [6, 6.07) is 9.47. The standard InChI is InChI=1S/C19H25NO6/c1-13-14(2)17(22)20(16(13)21)12-19(23-5,24-6)26-25-18(3,4)15-10-8-7-9-11-15/h7-11H,12H2,1-6H3. The van der Waals surface area contributed by atoms with Crippen LogP contribution in [0.15, 0.2) is 41.5 Å². The fourth-order valence-electron chi connectivity index (χ4n) is 2.52. The van der Waals surface area contributed by atoms with Gasteiger partial charge in [0.2, 0.25) is 0 Å². The quantitative estimate of drug-likeness (QED) is 0.306. The molecule has 0 atom stereocenters. The van der Waals surface area contributed by atoms with E-state index in [-0.39, 0.29) is 6.54 Å². The monoisotopic (exact) mass is 363 g/mol. The summed E-state index contributed by atoms with van der Waals surface area (Å²) in [7, 11) is 2.70. The number of hydrogen-bond donors (Lipinski definition) is 0. The van der Waals surface area contributed by atoms with E-state index in [2.05, 4.69) is 0 Å². The van der Waals surface area contributed by atoms with Crippen LogP contribution < -0.4 is 0 Å². The van der Waals surface area contributed by atoms with Gasteiger partial charge in [-0.25, -0.2) is 4.89 Å². The van der Waals surface area contributed by atoms with E-state index in [1.54, 1.807) is 13.8 Å². The zero-order valence-corrected chi connectivity index (χ0v) is 16.0. The van der Waals surface area contributed by atoms with Gasteiger partial charge in [0.25, 0.3) is 11.8 Å².